The van der Waals surface area contributed by atoms with Crippen molar-refractivity contribution in [3.8, 4) is 23.0 Å². The van der Waals surface area contributed by atoms with E-state index in [9.17, 15) is 19.2 Å². The third kappa shape index (κ3) is 7.77. The molecule has 33 nitrogen and oxygen atoms in total. The van der Waals surface area contributed by atoms with Gasteiger partial charge in [0.05, 0.1) is 52.6 Å². The molecule has 2 spiro atoms. The summed E-state index contributed by atoms with van der Waals surface area (Å²) in [6.45, 7) is 6.74. The van der Waals surface area contributed by atoms with Gasteiger partial charge < -0.3 is 18.9 Å². The van der Waals surface area contributed by atoms with Gasteiger partial charge in [-0.25, -0.2) is 43.7 Å². The summed E-state index contributed by atoms with van der Waals surface area (Å²) < 4.78 is 25.3. The molecule has 16 amide bonds. The van der Waals surface area contributed by atoms with Crippen molar-refractivity contribution < 1.29 is 76.5 Å². The molecule has 14 heterocycles. The molecule has 2 aromatic rings. The van der Waals surface area contributed by atoms with E-state index in [1.165, 1.54) is 86.5 Å². The summed E-state index contributed by atoms with van der Waals surface area (Å²) in [4.78, 5) is 195. The van der Waals surface area contributed by atoms with E-state index in [4.69, 9.17) is 18.9 Å². The summed E-state index contributed by atoms with van der Waals surface area (Å²) in [5.41, 5.74) is -0.874. The van der Waals surface area contributed by atoms with Gasteiger partial charge in [0, 0.05) is 73.0 Å². The van der Waals surface area contributed by atoms with Crippen LogP contribution in [0.1, 0.15) is 63.8 Å². The minimum Gasteiger partial charge on any atom is -0.492 e. The van der Waals surface area contributed by atoms with E-state index in [0.717, 1.165) is 47.0 Å². The summed E-state index contributed by atoms with van der Waals surface area (Å²) in [6.07, 6.45) is -4.76. The molecule has 12 fully saturated rings. The number of hydrogen-bond acceptors (Lipinski definition) is 21. The van der Waals surface area contributed by atoms with Crippen molar-refractivity contribution in [2.75, 3.05) is 89.5 Å². The fourth-order valence-corrected chi connectivity index (χ4v) is 18.5. The smallest absolute Gasteiger partial charge is 0.327 e. The number of hydrogen-bond donors (Lipinski definition) is 1. The highest BCUT2D eigenvalue weighted by molar-refractivity contribution is 8.14. The van der Waals surface area contributed by atoms with Crippen molar-refractivity contribution in [3.05, 3.63) is 46.5 Å². The SMILES string of the molecule is CC(=O)SCCOc1ccc(OCCSC(C)=O)c2c1CN1C(=O)N3CN4C(=O)N5CN6C(=O)N7CN8C(=O)N9Cc%10c(OCCSC(C)=O)ccc(OCCSC(C)=O)c%10CN%10C(=O)N%11CN%12C(=O)N(CN%13C(=O)N(CN%14C(=O)N(C2)C1(C)C3%14)C4C5%13)C6C7%12NC8%11C9%10C. The molecule has 1 N–H and O–H groups in total. The highest BCUT2D eigenvalue weighted by Crippen LogP contribution is 2.62. The fourth-order valence-electron chi connectivity index (χ4n) is 16.7. The molecule has 12 saturated heterocycles. The Balaban J connectivity index is 0.728. The minimum atomic E-state index is -1.85. The van der Waals surface area contributed by atoms with Gasteiger partial charge in [0.25, 0.3) is 0 Å². The quantitative estimate of drug-likeness (QED) is 0.236. The number of amides is 16. The van der Waals surface area contributed by atoms with Crippen LogP contribution < -0.4 is 24.3 Å². The topological polar surface area (TPSA) is 306 Å². The molecule has 0 radical (unpaired) electrons. The maximum atomic E-state index is 15.7. The van der Waals surface area contributed by atoms with E-state index in [0.29, 0.717) is 68.3 Å². The molecular formula is C56H63N17O16S4. The zero-order valence-electron chi connectivity index (χ0n) is 51.2. The highest BCUT2D eigenvalue weighted by Gasteiger charge is 2.88. The summed E-state index contributed by atoms with van der Waals surface area (Å²) in [5, 5.41) is 3.29. The molecule has 93 heavy (non-hydrogen) atoms. The highest BCUT2D eigenvalue weighted by atomic mass is 32.2. The predicted molar refractivity (Wildman–Crippen MR) is 325 cm³/mol. The number of carbonyl (C=O) groups is 12. The van der Waals surface area contributed by atoms with E-state index in [1.54, 1.807) is 57.7 Å². The van der Waals surface area contributed by atoms with Crippen LogP contribution in [0.15, 0.2) is 24.3 Å². The lowest BCUT2D eigenvalue weighted by Gasteiger charge is -2.62. The largest absolute Gasteiger partial charge is 0.492 e. The van der Waals surface area contributed by atoms with E-state index in [2.05, 4.69) is 5.32 Å². The van der Waals surface area contributed by atoms with Gasteiger partial charge in [-0.05, 0) is 38.1 Å². The first kappa shape index (κ1) is 59.8. The first-order chi connectivity index (χ1) is 44.5. The lowest BCUT2D eigenvalue weighted by molar-refractivity contribution is -0.238. The Kier molecular flexibility index (Phi) is 13.3. The lowest BCUT2D eigenvalue weighted by atomic mass is 9.96. The van der Waals surface area contributed by atoms with Gasteiger partial charge in [-0.15, -0.1) is 0 Å². The molecule has 37 heteroatoms. The second-order valence-corrected chi connectivity index (χ2v) is 30.0. The van der Waals surface area contributed by atoms with Crippen LogP contribution in [-0.2, 0) is 45.4 Å². The molecule has 0 aromatic heterocycles. The van der Waals surface area contributed by atoms with Crippen LogP contribution in [0.2, 0.25) is 0 Å². The second-order valence-electron chi connectivity index (χ2n) is 24.9. The molecule has 0 saturated carbocycles. The van der Waals surface area contributed by atoms with E-state index in [-0.39, 0.29) is 73.1 Å². The molecule has 492 valence electrons. The van der Waals surface area contributed by atoms with Crippen molar-refractivity contribution in [3.63, 3.8) is 0 Å². The van der Waals surface area contributed by atoms with Crippen LogP contribution >= 0.6 is 47.0 Å². The van der Waals surface area contributed by atoms with E-state index in [1.807, 2.05) is 0 Å². The van der Waals surface area contributed by atoms with Crippen LogP contribution in [0.5, 0.6) is 23.0 Å². The zero-order valence-corrected chi connectivity index (χ0v) is 54.4. The third-order valence-corrected chi connectivity index (χ3v) is 23.6. The van der Waals surface area contributed by atoms with Crippen molar-refractivity contribution in [1.29, 1.82) is 0 Å². The maximum absolute atomic E-state index is 15.7. The molecule has 14 aliphatic rings. The molecule has 2 bridgehead atoms. The van der Waals surface area contributed by atoms with Gasteiger partial charge in [0.1, 0.15) is 63.0 Å². The van der Waals surface area contributed by atoms with Crippen molar-refractivity contribution in [2.24, 2.45) is 0 Å². The normalized spacial score (nSPS) is 30.0. The Bertz CT molecular complexity index is 3600. The van der Waals surface area contributed by atoms with Gasteiger partial charge >= 0.3 is 48.2 Å². The number of carbonyl (C=O) groups excluding carboxylic acids is 12. The molecule has 16 rings (SSSR count). The Labute approximate surface area is 547 Å². The molecule has 0 atom stereocenters. The van der Waals surface area contributed by atoms with Crippen LogP contribution in [0, 0.1) is 0 Å². The van der Waals surface area contributed by atoms with Crippen LogP contribution in [0.4, 0.5) is 38.4 Å². The van der Waals surface area contributed by atoms with Crippen molar-refractivity contribution in [2.45, 2.75) is 115 Å². The number of thioether (sulfide) groups is 4. The van der Waals surface area contributed by atoms with Gasteiger partial charge in [-0.2, -0.15) is 0 Å². The first-order valence-corrected chi connectivity index (χ1v) is 34.2. The number of nitrogens with zero attached hydrogens (tertiary/aromatic N) is 16. The average Bonchev–Trinajstić information content (AvgIpc) is 1.46. The van der Waals surface area contributed by atoms with Gasteiger partial charge in [-0.3, -0.25) is 97.6 Å². The second kappa shape index (κ2) is 20.7. The van der Waals surface area contributed by atoms with Gasteiger partial charge in [0.15, 0.2) is 56.4 Å². The lowest BCUT2D eigenvalue weighted by Crippen LogP contribution is -2.91. The van der Waals surface area contributed by atoms with Crippen LogP contribution in [0.25, 0.3) is 0 Å². The third-order valence-electron chi connectivity index (χ3n) is 20.5. The number of ether oxygens (including phenoxy) is 4. The maximum Gasteiger partial charge on any atom is 0.327 e. The molecule has 14 aliphatic heterocycles. The fraction of sp³-hybridized carbons (Fsp3) is 0.571. The van der Waals surface area contributed by atoms with E-state index < -0.39 is 136 Å². The van der Waals surface area contributed by atoms with E-state index >= 15 is 38.4 Å². The van der Waals surface area contributed by atoms with Crippen LogP contribution in [-0.4, -0.2) is 284 Å². The Hall–Kier alpha value is -8.16. The molecule has 0 aliphatic carbocycles. The van der Waals surface area contributed by atoms with Gasteiger partial charge in [-0.1, -0.05) is 47.0 Å². The standard InChI is InChI=1S/C56H63N17O16S4/c1-29(74)90-15-11-86-37-7-8-38(87-12-16-91-30(2)75)34-20-67-48(81)63-24-59-41-42-60(45(78)58(41)23-62-43(63)53(67,5)66(47(62)80)19-33(34)37)25-64-44-55-57-56-54(6)68(51(84)72(56)27-70(55)49(64)82)21-35-36(40(89-14-18-93-32(4)77)10-9-39(35)88-13-17-92-31(3)76)22-69(54)52(85)73(56)28-71(55)50(83)65(44)26-61(42)46(59)79/h7-10,41-44,57H,11-28H2,1-6H3. The summed E-state index contributed by atoms with van der Waals surface area (Å²) in [7, 11) is 0. The molecule has 2 aromatic carbocycles. The summed E-state index contributed by atoms with van der Waals surface area (Å²) >= 11 is 4.37. The Morgan fingerprint density at radius 1 is 0.398 bits per heavy atom. The summed E-state index contributed by atoms with van der Waals surface area (Å²) in [6, 6.07) is 1.94. The number of nitrogens with one attached hydrogen (secondary N) is 1. The number of benzene rings is 2. The predicted octanol–water partition coefficient (Wildman–Crippen LogP) is 2.38. The number of urea groups is 8. The zero-order chi connectivity index (χ0) is 65.0. The summed E-state index contributed by atoms with van der Waals surface area (Å²) in [5.74, 6) is -0.728. The number of fused-ring (bicyclic) bond motifs is 2. The molecule has 0 unspecified atom stereocenters. The Morgan fingerprint density at radius 2 is 0.699 bits per heavy atom. The van der Waals surface area contributed by atoms with Crippen molar-refractivity contribution in [1.82, 2.24) is 83.7 Å². The molecular weight excluding hydrogens is 1290 g/mol. The average molecular weight is 1360 g/mol. The van der Waals surface area contributed by atoms with Crippen LogP contribution in [0.3, 0.4) is 0 Å². The first-order valence-electron chi connectivity index (χ1n) is 30.3. The number of rotatable bonds is 16. The van der Waals surface area contributed by atoms with Crippen molar-refractivity contribution >= 4 is 116 Å². The monoisotopic (exact) mass is 1360 g/mol. The Morgan fingerprint density at radius 3 is 1.02 bits per heavy atom. The minimum absolute atomic E-state index is 0.0873. The van der Waals surface area contributed by atoms with Gasteiger partial charge in [0.2, 0.25) is 11.6 Å².